The van der Waals surface area contributed by atoms with Crippen LogP contribution in [-0.4, -0.2) is 9.78 Å². The van der Waals surface area contributed by atoms with E-state index in [1.807, 2.05) is 60.1 Å². The molecular weight excluding hydrogens is 291 g/mol. The summed E-state index contributed by atoms with van der Waals surface area (Å²) in [6, 6.07) is 17.4. The normalized spacial score (nSPS) is 10.8. The van der Waals surface area contributed by atoms with Crippen molar-refractivity contribution in [2.75, 3.05) is 0 Å². The summed E-state index contributed by atoms with van der Waals surface area (Å²) in [7, 11) is 0. The zero-order valence-corrected chi connectivity index (χ0v) is 12.4. The van der Waals surface area contributed by atoms with Crippen molar-refractivity contribution in [1.29, 1.82) is 0 Å². The van der Waals surface area contributed by atoms with Crippen molar-refractivity contribution in [3.05, 3.63) is 70.3 Å². The lowest BCUT2D eigenvalue weighted by Crippen LogP contribution is -1.98. The van der Waals surface area contributed by atoms with Gasteiger partial charge in [0.1, 0.15) is 0 Å². The molecule has 3 aromatic rings. The lowest BCUT2D eigenvalue weighted by atomic mass is 10.1. The minimum Gasteiger partial charge on any atom is -0.233 e. The smallest absolute Gasteiger partial charge is 0.0743 e. The molecule has 0 atom stereocenters. The summed E-state index contributed by atoms with van der Waals surface area (Å²) >= 11 is 11.9. The Kier molecular flexibility index (Phi) is 3.51. The summed E-state index contributed by atoms with van der Waals surface area (Å²) in [6.07, 6.45) is 0. The monoisotopic (exact) mass is 302 g/mol. The van der Waals surface area contributed by atoms with Gasteiger partial charge in [-0.15, -0.1) is 0 Å². The molecule has 1 heterocycles. The van der Waals surface area contributed by atoms with E-state index in [1.165, 1.54) is 0 Å². The van der Waals surface area contributed by atoms with Crippen LogP contribution in [0.25, 0.3) is 16.9 Å². The third-order valence-corrected chi connectivity index (χ3v) is 3.55. The predicted octanol–water partition coefficient (Wildman–Crippen LogP) is 5.15. The molecule has 4 heteroatoms. The summed E-state index contributed by atoms with van der Waals surface area (Å²) in [6.45, 7) is 1.98. The van der Waals surface area contributed by atoms with Crippen molar-refractivity contribution in [2.24, 2.45) is 0 Å². The first-order valence-electron chi connectivity index (χ1n) is 6.22. The van der Waals surface area contributed by atoms with Crippen LogP contribution in [0.3, 0.4) is 0 Å². The molecule has 3 rings (SSSR count). The largest absolute Gasteiger partial charge is 0.233 e. The van der Waals surface area contributed by atoms with E-state index in [1.54, 1.807) is 0 Å². The molecule has 0 saturated heterocycles. The van der Waals surface area contributed by atoms with Crippen molar-refractivity contribution in [2.45, 2.75) is 6.92 Å². The van der Waals surface area contributed by atoms with Gasteiger partial charge in [-0.3, -0.25) is 0 Å². The van der Waals surface area contributed by atoms with Crippen LogP contribution in [-0.2, 0) is 0 Å². The second-order valence-electron chi connectivity index (χ2n) is 4.57. The number of nitrogens with zero attached hydrogens (tertiary/aromatic N) is 2. The third kappa shape index (κ3) is 2.58. The average molecular weight is 303 g/mol. The van der Waals surface area contributed by atoms with Gasteiger partial charge in [0.25, 0.3) is 0 Å². The molecule has 0 saturated carbocycles. The van der Waals surface area contributed by atoms with Crippen LogP contribution in [0.4, 0.5) is 0 Å². The highest BCUT2D eigenvalue weighted by Gasteiger charge is 2.09. The number of hydrogen-bond donors (Lipinski definition) is 0. The third-order valence-electron chi connectivity index (χ3n) is 3.04. The minimum absolute atomic E-state index is 0.714. The number of aryl methyl sites for hydroxylation is 1. The molecule has 100 valence electrons. The number of rotatable bonds is 2. The molecule has 0 spiro atoms. The highest BCUT2D eigenvalue weighted by Crippen LogP contribution is 2.25. The summed E-state index contributed by atoms with van der Waals surface area (Å²) < 4.78 is 1.91. The number of hydrogen-bond acceptors (Lipinski definition) is 1. The van der Waals surface area contributed by atoms with E-state index >= 15 is 0 Å². The molecule has 0 bridgehead atoms. The van der Waals surface area contributed by atoms with Crippen LogP contribution >= 0.6 is 23.2 Å². The summed E-state index contributed by atoms with van der Waals surface area (Å²) in [4.78, 5) is 0. The van der Waals surface area contributed by atoms with E-state index in [0.717, 1.165) is 27.7 Å². The summed E-state index contributed by atoms with van der Waals surface area (Å²) in [5, 5.41) is 5.99. The SMILES string of the molecule is Cc1cc(-c2ccc(Cl)cc2)n(-c2ccc(Cl)cc2)n1. The topological polar surface area (TPSA) is 17.8 Å². The van der Waals surface area contributed by atoms with Crippen molar-refractivity contribution in [1.82, 2.24) is 9.78 Å². The molecule has 0 amide bonds. The summed E-state index contributed by atoms with van der Waals surface area (Å²) in [5.74, 6) is 0. The van der Waals surface area contributed by atoms with E-state index < -0.39 is 0 Å². The maximum atomic E-state index is 5.94. The van der Waals surface area contributed by atoms with E-state index in [-0.39, 0.29) is 0 Å². The Morgan fingerprint density at radius 3 is 2.00 bits per heavy atom. The highest BCUT2D eigenvalue weighted by molar-refractivity contribution is 6.30. The van der Waals surface area contributed by atoms with Crippen molar-refractivity contribution in [3.8, 4) is 16.9 Å². The van der Waals surface area contributed by atoms with Crippen molar-refractivity contribution < 1.29 is 0 Å². The van der Waals surface area contributed by atoms with Gasteiger partial charge in [-0.05, 0) is 49.4 Å². The molecule has 0 radical (unpaired) electrons. The zero-order valence-electron chi connectivity index (χ0n) is 10.8. The molecule has 0 unspecified atom stereocenters. The average Bonchev–Trinajstić information content (AvgIpc) is 2.82. The van der Waals surface area contributed by atoms with Crippen LogP contribution in [0, 0.1) is 6.92 Å². The van der Waals surface area contributed by atoms with Crippen LogP contribution < -0.4 is 0 Å². The van der Waals surface area contributed by atoms with Gasteiger partial charge in [-0.2, -0.15) is 5.10 Å². The molecular formula is C16H12Cl2N2. The number of aromatic nitrogens is 2. The van der Waals surface area contributed by atoms with E-state index in [9.17, 15) is 0 Å². The first-order valence-corrected chi connectivity index (χ1v) is 6.97. The fourth-order valence-electron chi connectivity index (χ4n) is 2.10. The minimum atomic E-state index is 0.714. The standard InChI is InChI=1S/C16H12Cl2N2/c1-11-10-16(12-2-4-13(17)5-3-12)20(19-11)15-8-6-14(18)7-9-15/h2-10H,1H3. The quantitative estimate of drug-likeness (QED) is 0.640. The number of benzene rings is 2. The molecule has 1 aromatic heterocycles. The van der Waals surface area contributed by atoms with E-state index in [2.05, 4.69) is 11.2 Å². The zero-order chi connectivity index (χ0) is 14.1. The second kappa shape index (κ2) is 5.31. The van der Waals surface area contributed by atoms with Gasteiger partial charge >= 0.3 is 0 Å². The second-order valence-corrected chi connectivity index (χ2v) is 5.44. The van der Waals surface area contributed by atoms with Crippen molar-refractivity contribution in [3.63, 3.8) is 0 Å². The van der Waals surface area contributed by atoms with Crippen molar-refractivity contribution >= 4 is 23.2 Å². The Labute approximate surface area is 127 Å². The molecule has 0 aliphatic heterocycles. The van der Waals surface area contributed by atoms with E-state index in [4.69, 9.17) is 23.2 Å². The predicted molar refractivity (Wildman–Crippen MR) is 83.8 cm³/mol. The molecule has 0 N–H and O–H groups in total. The maximum absolute atomic E-state index is 5.94. The molecule has 2 nitrogen and oxygen atoms in total. The molecule has 0 aliphatic carbocycles. The van der Waals surface area contributed by atoms with Crippen LogP contribution in [0.1, 0.15) is 5.69 Å². The van der Waals surface area contributed by atoms with Crippen LogP contribution in [0.2, 0.25) is 10.0 Å². The lowest BCUT2D eigenvalue weighted by Gasteiger charge is -2.08. The highest BCUT2D eigenvalue weighted by atomic mass is 35.5. The summed E-state index contributed by atoms with van der Waals surface area (Å²) in [5.41, 5.74) is 4.05. The Bertz CT molecular complexity index is 665. The van der Waals surface area contributed by atoms with Gasteiger partial charge in [-0.25, -0.2) is 4.68 Å². The molecule has 20 heavy (non-hydrogen) atoms. The van der Waals surface area contributed by atoms with Gasteiger partial charge < -0.3 is 0 Å². The van der Waals surface area contributed by atoms with Gasteiger partial charge in [-0.1, -0.05) is 35.3 Å². The van der Waals surface area contributed by atoms with Gasteiger partial charge in [0.15, 0.2) is 0 Å². The van der Waals surface area contributed by atoms with Crippen LogP contribution in [0.5, 0.6) is 0 Å². The van der Waals surface area contributed by atoms with Gasteiger partial charge in [0.2, 0.25) is 0 Å². The number of halogens is 2. The fourth-order valence-corrected chi connectivity index (χ4v) is 2.36. The molecule has 0 aliphatic rings. The first-order chi connectivity index (χ1) is 9.63. The lowest BCUT2D eigenvalue weighted by molar-refractivity contribution is 0.869. The Morgan fingerprint density at radius 1 is 0.850 bits per heavy atom. The Morgan fingerprint density at radius 2 is 1.40 bits per heavy atom. The van der Waals surface area contributed by atoms with Gasteiger partial charge in [0, 0.05) is 15.6 Å². The Balaban J connectivity index is 2.12. The molecule has 0 fully saturated rings. The first kappa shape index (κ1) is 13.2. The van der Waals surface area contributed by atoms with Gasteiger partial charge in [0.05, 0.1) is 17.1 Å². The Hall–Kier alpha value is -1.77. The fraction of sp³-hybridized carbons (Fsp3) is 0.0625. The maximum Gasteiger partial charge on any atom is 0.0743 e. The van der Waals surface area contributed by atoms with E-state index in [0.29, 0.717) is 5.02 Å². The molecule has 2 aromatic carbocycles. The van der Waals surface area contributed by atoms with Crippen LogP contribution in [0.15, 0.2) is 54.6 Å².